The molecule has 0 aromatic heterocycles. The molecule has 0 saturated heterocycles. The second kappa shape index (κ2) is 12.4. The topological polar surface area (TPSA) is 153 Å². The molecule has 0 aliphatic heterocycles. The highest BCUT2D eigenvalue weighted by molar-refractivity contribution is 6.18. The minimum Gasteiger partial charge on any atom is -0.497 e. The third kappa shape index (κ3) is 7.95. The fourth-order valence-corrected chi connectivity index (χ4v) is 2.38. The largest absolute Gasteiger partial charge is 0.497 e. The highest BCUT2D eigenvalue weighted by Gasteiger charge is 2.30. The lowest BCUT2D eigenvalue weighted by Gasteiger charge is -2.17. The van der Waals surface area contributed by atoms with Crippen LogP contribution in [0.15, 0.2) is 12.1 Å². The molecule has 1 N–H and O–H groups in total. The van der Waals surface area contributed by atoms with Gasteiger partial charge in [0.05, 0.1) is 26.9 Å². The molecule has 0 fully saturated rings. The molecular weight excluding hydrogens is 419 g/mol. The number of rotatable bonds is 9. The van der Waals surface area contributed by atoms with Crippen LogP contribution in [-0.4, -0.2) is 62.1 Å². The van der Waals surface area contributed by atoms with Crippen LogP contribution in [0.5, 0.6) is 5.75 Å². The summed E-state index contributed by atoms with van der Waals surface area (Å²) in [7, 11) is 0. The zero-order valence-electron chi connectivity index (χ0n) is 13.2. The molecular formula is C12H15Cl3N4O7. The van der Waals surface area contributed by atoms with Gasteiger partial charge < -0.3 is 5.11 Å². The number of benzene rings is 1. The van der Waals surface area contributed by atoms with Crippen LogP contribution in [0.1, 0.15) is 0 Å². The molecule has 14 heteroatoms. The van der Waals surface area contributed by atoms with E-state index in [1.54, 1.807) is 0 Å². The highest BCUT2D eigenvalue weighted by atomic mass is 35.5. The lowest BCUT2D eigenvalue weighted by molar-refractivity contribution is -0.404. The monoisotopic (exact) mass is 432 g/mol. The van der Waals surface area contributed by atoms with Crippen LogP contribution < -0.4 is 0 Å². The first-order chi connectivity index (χ1) is 12.2. The third-order valence-electron chi connectivity index (χ3n) is 2.86. The smallest absolute Gasteiger partial charge is 0.324 e. The minimum atomic E-state index is -1.21. The van der Waals surface area contributed by atoms with Crippen LogP contribution in [0, 0.1) is 30.3 Å². The van der Waals surface area contributed by atoms with E-state index in [0.717, 1.165) is 19.6 Å². The summed E-state index contributed by atoms with van der Waals surface area (Å²) in [6, 6.07) is 0.894. The first kappa shape index (κ1) is 24.1. The number of non-ortho nitro benzene ring substituents is 1. The number of hydrogen-bond acceptors (Lipinski definition) is 8. The standard InChI is InChI=1S/C6H12Cl3N.C6H3N3O7/c7-1-4-10(5-2-8)6-3-9;10-6-4(8(13)14)1-3(7(11)12)2-5(6)9(15)16/h1-6H2;1-2,10H. The maximum Gasteiger partial charge on any atom is 0.324 e. The van der Waals surface area contributed by atoms with Crippen molar-refractivity contribution in [2.75, 3.05) is 37.3 Å². The number of phenolic OH excluding ortho intramolecular Hbond substituents is 1. The Bertz CT molecular complexity index is 598. The van der Waals surface area contributed by atoms with Gasteiger partial charge in [-0.2, -0.15) is 0 Å². The molecule has 1 rings (SSSR count). The average Bonchev–Trinajstić information content (AvgIpc) is 2.55. The lowest BCUT2D eigenvalue weighted by Crippen LogP contribution is -2.29. The molecule has 0 saturated carbocycles. The van der Waals surface area contributed by atoms with Gasteiger partial charge in [0.2, 0.25) is 0 Å². The fourth-order valence-electron chi connectivity index (χ4n) is 1.67. The third-order valence-corrected chi connectivity index (χ3v) is 3.37. The van der Waals surface area contributed by atoms with E-state index < -0.39 is 37.6 Å². The van der Waals surface area contributed by atoms with E-state index in [4.69, 9.17) is 39.9 Å². The van der Waals surface area contributed by atoms with Gasteiger partial charge in [0.15, 0.2) is 0 Å². The summed E-state index contributed by atoms with van der Waals surface area (Å²) < 4.78 is 0. The zero-order valence-corrected chi connectivity index (χ0v) is 15.5. The molecule has 1 aromatic rings. The molecule has 1 aromatic carbocycles. The fraction of sp³-hybridized carbons (Fsp3) is 0.500. The van der Waals surface area contributed by atoms with Crippen LogP contribution in [0.4, 0.5) is 17.1 Å². The number of nitro benzene ring substituents is 3. The summed E-state index contributed by atoms with van der Waals surface area (Å²) in [4.78, 5) is 29.9. The van der Waals surface area contributed by atoms with E-state index in [9.17, 15) is 30.3 Å². The number of nitro groups is 3. The van der Waals surface area contributed by atoms with Gasteiger partial charge in [-0.05, 0) is 0 Å². The van der Waals surface area contributed by atoms with Crippen LogP contribution in [-0.2, 0) is 0 Å². The summed E-state index contributed by atoms with van der Waals surface area (Å²) in [5.41, 5.74) is -3.00. The van der Waals surface area contributed by atoms with Gasteiger partial charge in [-0.25, -0.2) is 0 Å². The van der Waals surface area contributed by atoms with E-state index >= 15 is 0 Å². The minimum absolute atomic E-state index is 0.447. The van der Waals surface area contributed by atoms with Crippen molar-refractivity contribution in [2.45, 2.75) is 0 Å². The molecule has 0 heterocycles. The first-order valence-electron chi connectivity index (χ1n) is 6.90. The molecule has 0 spiro atoms. The number of halogens is 3. The normalized spacial score (nSPS) is 10.2. The summed E-state index contributed by atoms with van der Waals surface area (Å²) in [5.74, 6) is 0.732. The molecule has 26 heavy (non-hydrogen) atoms. The second-order valence-electron chi connectivity index (χ2n) is 4.51. The Labute approximate surface area is 162 Å². The Hall–Kier alpha value is -1.95. The summed E-state index contributed by atoms with van der Waals surface area (Å²) in [5, 5.41) is 40.2. The van der Waals surface area contributed by atoms with E-state index in [0.29, 0.717) is 29.8 Å². The van der Waals surface area contributed by atoms with Crippen molar-refractivity contribution in [2.24, 2.45) is 0 Å². The number of hydrogen-bond donors (Lipinski definition) is 1. The molecule has 0 aliphatic rings. The van der Waals surface area contributed by atoms with Gasteiger partial charge in [0.1, 0.15) is 0 Å². The van der Waals surface area contributed by atoms with E-state index in [1.807, 2.05) is 0 Å². The maximum atomic E-state index is 10.4. The van der Waals surface area contributed by atoms with Crippen molar-refractivity contribution >= 4 is 51.9 Å². The number of nitrogens with zero attached hydrogens (tertiary/aromatic N) is 4. The van der Waals surface area contributed by atoms with Crippen molar-refractivity contribution in [1.82, 2.24) is 4.90 Å². The summed E-state index contributed by atoms with van der Waals surface area (Å²) in [6.07, 6.45) is 0. The molecule has 0 bridgehead atoms. The van der Waals surface area contributed by atoms with Crippen LogP contribution in [0.2, 0.25) is 0 Å². The summed E-state index contributed by atoms with van der Waals surface area (Å²) in [6.45, 7) is 2.63. The Morgan fingerprint density at radius 2 is 1.15 bits per heavy atom. The molecule has 0 aliphatic carbocycles. The maximum absolute atomic E-state index is 10.4. The zero-order chi connectivity index (χ0) is 20.3. The molecule has 146 valence electrons. The van der Waals surface area contributed by atoms with E-state index in [1.165, 1.54) is 0 Å². The molecule has 0 amide bonds. The van der Waals surface area contributed by atoms with Crippen molar-refractivity contribution < 1.29 is 19.9 Å². The number of aromatic hydroxyl groups is 1. The van der Waals surface area contributed by atoms with Crippen molar-refractivity contribution in [1.29, 1.82) is 0 Å². The Balaban J connectivity index is 0.000000541. The van der Waals surface area contributed by atoms with Crippen molar-refractivity contribution in [3.63, 3.8) is 0 Å². The van der Waals surface area contributed by atoms with Crippen LogP contribution in [0.3, 0.4) is 0 Å². The molecule has 0 unspecified atom stereocenters. The van der Waals surface area contributed by atoms with Gasteiger partial charge >= 0.3 is 11.4 Å². The van der Waals surface area contributed by atoms with Gasteiger partial charge in [-0.15, -0.1) is 34.8 Å². The van der Waals surface area contributed by atoms with Gasteiger partial charge in [-0.1, -0.05) is 0 Å². The lowest BCUT2D eigenvalue weighted by atomic mass is 10.2. The quantitative estimate of drug-likeness (QED) is 0.354. The van der Waals surface area contributed by atoms with Gasteiger partial charge in [-0.3, -0.25) is 35.2 Å². The van der Waals surface area contributed by atoms with Crippen molar-refractivity contribution in [3.05, 3.63) is 42.5 Å². The Kier molecular flexibility index (Phi) is 11.5. The average molecular weight is 434 g/mol. The molecule has 0 atom stereocenters. The van der Waals surface area contributed by atoms with E-state index in [-0.39, 0.29) is 0 Å². The Morgan fingerprint density at radius 3 is 1.38 bits per heavy atom. The number of alkyl halides is 3. The van der Waals surface area contributed by atoms with E-state index in [2.05, 4.69) is 4.90 Å². The first-order valence-corrected chi connectivity index (χ1v) is 8.50. The predicted molar refractivity (Wildman–Crippen MR) is 96.7 cm³/mol. The van der Waals surface area contributed by atoms with Gasteiger partial charge in [0.25, 0.3) is 11.4 Å². The Morgan fingerprint density at radius 1 is 0.808 bits per heavy atom. The second-order valence-corrected chi connectivity index (χ2v) is 5.65. The van der Waals surface area contributed by atoms with Crippen LogP contribution >= 0.6 is 34.8 Å². The summed E-state index contributed by atoms with van der Waals surface area (Å²) >= 11 is 16.6. The molecule has 0 radical (unpaired) electrons. The van der Waals surface area contributed by atoms with Gasteiger partial charge in [0, 0.05) is 37.3 Å². The van der Waals surface area contributed by atoms with Crippen molar-refractivity contribution in [3.8, 4) is 5.75 Å². The SMILES string of the molecule is ClCCN(CCCl)CCCl.O=[N+]([O-])c1cc([N+](=O)[O-])c(O)c([N+](=O)[O-])c1. The molecule has 11 nitrogen and oxygen atoms in total. The number of phenols is 1. The highest BCUT2D eigenvalue weighted by Crippen LogP contribution is 2.38. The van der Waals surface area contributed by atoms with Crippen LogP contribution in [0.25, 0.3) is 0 Å². The predicted octanol–water partition coefficient (Wildman–Crippen LogP) is 3.12.